The molecule has 1 saturated carbocycles. The molecule has 0 saturated heterocycles. The van der Waals surface area contributed by atoms with E-state index in [1.807, 2.05) is 0 Å². The lowest BCUT2D eigenvalue weighted by Crippen LogP contribution is -2.11. The van der Waals surface area contributed by atoms with Crippen LogP contribution in [0.5, 0.6) is 0 Å². The summed E-state index contributed by atoms with van der Waals surface area (Å²) in [6.07, 6.45) is 4.11. The van der Waals surface area contributed by atoms with Crippen LogP contribution >= 0.6 is 0 Å². The van der Waals surface area contributed by atoms with Gasteiger partial charge in [0.1, 0.15) is 0 Å². The summed E-state index contributed by atoms with van der Waals surface area (Å²) in [5.74, 6) is -0.136. The highest BCUT2D eigenvalue weighted by Crippen LogP contribution is 2.49. The molecule has 6 nitrogen and oxygen atoms in total. The SMILES string of the molecule is N#CCC1(Cn2ccc([N+](=O)[O-])n2)CC1. The van der Waals surface area contributed by atoms with Crippen LogP contribution in [0.25, 0.3) is 0 Å². The van der Waals surface area contributed by atoms with Crippen LogP contribution in [-0.4, -0.2) is 14.7 Å². The van der Waals surface area contributed by atoms with E-state index in [2.05, 4.69) is 11.2 Å². The van der Waals surface area contributed by atoms with Crippen LogP contribution in [0.1, 0.15) is 19.3 Å². The van der Waals surface area contributed by atoms with Crippen LogP contribution in [-0.2, 0) is 6.54 Å². The highest BCUT2D eigenvalue weighted by Gasteiger charge is 2.43. The maximum absolute atomic E-state index is 10.4. The van der Waals surface area contributed by atoms with E-state index in [1.165, 1.54) is 6.07 Å². The predicted molar refractivity (Wildman–Crippen MR) is 50.8 cm³/mol. The molecule has 0 spiro atoms. The third kappa shape index (κ3) is 1.96. The average Bonchev–Trinajstić information content (AvgIpc) is 2.77. The molecule has 6 heteroatoms. The van der Waals surface area contributed by atoms with Crippen LogP contribution < -0.4 is 0 Å². The van der Waals surface area contributed by atoms with Gasteiger partial charge in [0, 0.05) is 11.8 Å². The summed E-state index contributed by atoms with van der Waals surface area (Å²) in [7, 11) is 0. The van der Waals surface area contributed by atoms with Gasteiger partial charge in [0.05, 0.1) is 30.0 Å². The fourth-order valence-corrected chi connectivity index (χ4v) is 1.62. The normalized spacial score (nSPS) is 17.0. The Bertz CT molecular complexity index is 428. The maximum Gasteiger partial charge on any atom is 0.389 e. The molecule has 1 aliphatic rings. The molecule has 1 aromatic heterocycles. The van der Waals surface area contributed by atoms with E-state index in [0.717, 1.165) is 12.8 Å². The molecule has 0 bridgehead atoms. The van der Waals surface area contributed by atoms with Crippen molar-refractivity contribution in [2.24, 2.45) is 5.41 Å². The second-order valence-corrected chi connectivity index (χ2v) is 3.96. The molecule has 1 aromatic rings. The zero-order chi connectivity index (χ0) is 10.9. The first kappa shape index (κ1) is 9.65. The largest absolute Gasteiger partial charge is 0.389 e. The molecule has 1 fully saturated rings. The maximum atomic E-state index is 10.4. The Labute approximate surface area is 86.3 Å². The zero-order valence-corrected chi connectivity index (χ0v) is 8.09. The second-order valence-electron chi connectivity index (χ2n) is 3.96. The summed E-state index contributed by atoms with van der Waals surface area (Å²) in [5.41, 5.74) is 0.0225. The van der Waals surface area contributed by atoms with Crippen LogP contribution in [0, 0.1) is 26.9 Å². The second kappa shape index (κ2) is 3.35. The lowest BCUT2D eigenvalue weighted by molar-refractivity contribution is -0.389. The van der Waals surface area contributed by atoms with E-state index < -0.39 is 4.92 Å². The monoisotopic (exact) mass is 206 g/mol. The van der Waals surface area contributed by atoms with Crippen molar-refractivity contribution in [1.82, 2.24) is 9.78 Å². The number of hydrogen-bond donors (Lipinski definition) is 0. The Hall–Kier alpha value is -1.90. The van der Waals surface area contributed by atoms with Crippen molar-refractivity contribution in [3.05, 3.63) is 22.4 Å². The van der Waals surface area contributed by atoms with Crippen molar-refractivity contribution in [2.45, 2.75) is 25.8 Å². The van der Waals surface area contributed by atoms with Crippen LogP contribution in [0.15, 0.2) is 12.3 Å². The lowest BCUT2D eigenvalue weighted by atomic mass is 10.0. The minimum atomic E-state index is -0.514. The first-order valence-electron chi connectivity index (χ1n) is 4.70. The topological polar surface area (TPSA) is 84.8 Å². The van der Waals surface area contributed by atoms with E-state index in [-0.39, 0.29) is 11.2 Å². The fraction of sp³-hybridized carbons (Fsp3) is 0.556. The summed E-state index contributed by atoms with van der Waals surface area (Å²) in [4.78, 5) is 9.89. The summed E-state index contributed by atoms with van der Waals surface area (Å²) >= 11 is 0. The third-order valence-corrected chi connectivity index (χ3v) is 2.72. The summed E-state index contributed by atoms with van der Waals surface area (Å²) in [6.45, 7) is 0.606. The Balaban J connectivity index is 2.06. The van der Waals surface area contributed by atoms with E-state index in [4.69, 9.17) is 5.26 Å². The van der Waals surface area contributed by atoms with Gasteiger partial charge in [-0.3, -0.25) is 0 Å². The summed E-state index contributed by atoms with van der Waals surface area (Å²) in [5, 5.41) is 22.8. The summed E-state index contributed by atoms with van der Waals surface area (Å²) < 4.78 is 1.56. The molecule has 1 aliphatic carbocycles. The van der Waals surface area contributed by atoms with Crippen molar-refractivity contribution in [3.63, 3.8) is 0 Å². The number of hydrogen-bond acceptors (Lipinski definition) is 4. The average molecular weight is 206 g/mol. The molecule has 0 unspecified atom stereocenters. The highest BCUT2D eigenvalue weighted by atomic mass is 16.6. The van der Waals surface area contributed by atoms with Crippen LogP contribution in [0.3, 0.4) is 0 Å². The number of aromatic nitrogens is 2. The van der Waals surface area contributed by atoms with Gasteiger partial charge < -0.3 is 10.1 Å². The van der Waals surface area contributed by atoms with Gasteiger partial charge in [0.2, 0.25) is 0 Å². The number of nitrogens with zero attached hydrogens (tertiary/aromatic N) is 4. The molecule has 0 aromatic carbocycles. The Morgan fingerprint density at radius 1 is 1.73 bits per heavy atom. The molecular weight excluding hydrogens is 196 g/mol. The van der Waals surface area contributed by atoms with Gasteiger partial charge in [0.25, 0.3) is 0 Å². The standard InChI is InChI=1S/C9H10N4O2/c10-5-4-9(2-3-9)7-12-6-1-8(11-12)13(14)15/h1,6H,2-4,7H2. The van der Waals surface area contributed by atoms with E-state index >= 15 is 0 Å². The van der Waals surface area contributed by atoms with E-state index in [9.17, 15) is 10.1 Å². The Morgan fingerprint density at radius 2 is 2.47 bits per heavy atom. The van der Waals surface area contributed by atoms with Gasteiger partial charge in [-0.15, -0.1) is 0 Å². The predicted octanol–water partition coefficient (Wildman–Crippen LogP) is 1.49. The van der Waals surface area contributed by atoms with Crippen molar-refractivity contribution in [3.8, 4) is 6.07 Å². The molecule has 0 atom stereocenters. The van der Waals surface area contributed by atoms with Crippen molar-refractivity contribution < 1.29 is 4.92 Å². The van der Waals surface area contributed by atoms with E-state index in [1.54, 1.807) is 10.9 Å². The van der Waals surface area contributed by atoms with Gasteiger partial charge in [0.15, 0.2) is 0 Å². The van der Waals surface area contributed by atoms with Gasteiger partial charge in [-0.2, -0.15) is 9.94 Å². The quantitative estimate of drug-likeness (QED) is 0.551. The molecule has 0 N–H and O–H groups in total. The fourth-order valence-electron chi connectivity index (χ4n) is 1.62. The minimum absolute atomic E-state index is 0.0225. The molecule has 2 rings (SSSR count). The van der Waals surface area contributed by atoms with Crippen molar-refractivity contribution in [1.29, 1.82) is 5.26 Å². The van der Waals surface area contributed by atoms with Gasteiger partial charge in [-0.05, 0) is 17.8 Å². The van der Waals surface area contributed by atoms with Gasteiger partial charge in [-0.1, -0.05) is 0 Å². The molecule has 0 radical (unpaired) electrons. The Morgan fingerprint density at radius 3 is 2.93 bits per heavy atom. The Kier molecular flexibility index (Phi) is 2.15. The first-order valence-corrected chi connectivity index (χ1v) is 4.70. The number of nitro groups is 1. The third-order valence-electron chi connectivity index (χ3n) is 2.72. The smallest absolute Gasteiger partial charge is 0.358 e. The molecule has 15 heavy (non-hydrogen) atoms. The lowest BCUT2D eigenvalue weighted by Gasteiger charge is -2.06. The van der Waals surface area contributed by atoms with Crippen LogP contribution in [0.2, 0.25) is 0 Å². The molecular formula is C9H10N4O2. The van der Waals surface area contributed by atoms with Crippen molar-refractivity contribution >= 4 is 5.82 Å². The highest BCUT2D eigenvalue weighted by molar-refractivity contribution is 5.14. The molecule has 1 heterocycles. The zero-order valence-electron chi connectivity index (χ0n) is 8.09. The van der Waals surface area contributed by atoms with Gasteiger partial charge >= 0.3 is 5.82 Å². The van der Waals surface area contributed by atoms with Crippen molar-refractivity contribution in [2.75, 3.05) is 0 Å². The molecule has 0 aliphatic heterocycles. The summed E-state index contributed by atoms with van der Waals surface area (Å²) in [6, 6.07) is 3.52. The molecule has 78 valence electrons. The first-order chi connectivity index (χ1) is 7.15. The molecule has 0 amide bonds. The van der Waals surface area contributed by atoms with Crippen LogP contribution in [0.4, 0.5) is 5.82 Å². The number of nitriles is 1. The minimum Gasteiger partial charge on any atom is -0.358 e. The van der Waals surface area contributed by atoms with E-state index in [0.29, 0.717) is 13.0 Å². The number of rotatable bonds is 4. The van der Waals surface area contributed by atoms with Gasteiger partial charge in [-0.25, -0.2) is 0 Å².